The summed E-state index contributed by atoms with van der Waals surface area (Å²) < 4.78 is 4.55. The summed E-state index contributed by atoms with van der Waals surface area (Å²) in [7, 11) is 1.62. The van der Waals surface area contributed by atoms with Gasteiger partial charge in [0.1, 0.15) is 5.75 Å². The van der Waals surface area contributed by atoms with Crippen LogP contribution in [0, 0.1) is 0 Å². The molecule has 2 aromatic rings. The van der Waals surface area contributed by atoms with Crippen molar-refractivity contribution in [2.24, 2.45) is 0 Å². The van der Waals surface area contributed by atoms with Crippen LogP contribution in [0.4, 0.5) is 5.69 Å². The standard InChI is InChI=1S/C17H19NO2S/c1-17(2,21-15-7-5-4-6-8-15)16(19)18-13-9-11-14(20-3)12-10-13/h4-12H,1-3H3,(H,18,19). The van der Waals surface area contributed by atoms with Crippen LogP contribution in [-0.4, -0.2) is 17.8 Å². The van der Waals surface area contributed by atoms with Crippen molar-refractivity contribution < 1.29 is 9.53 Å². The van der Waals surface area contributed by atoms with Gasteiger partial charge in [-0.15, -0.1) is 11.8 Å². The predicted octanol–water partition coefficient (Wildman–Crippen LogP) is 4.20. The van der Waals surface area contributed by atoms with Gasteiger partial charge in [0.15, 0.2) is 0 Å². The second-order valence-electron chi connectivity index (χ2n) is 5.11. The minimum Gasteiger partial charge on any atom is -0.497 e. The van der Waals surface area contributed by atoms with Crippen LogP contribution in [-0.2, 0) is 4.79 Å². The van der Waals surface area contributed by atoms with E-state index in [2.05, 4.69) is 5.32 Å². The van der Waals surface area contributed by atoms with Crippen molar-refractivity contribution in [1.29, 1.82) is 0 Å². The molecule has 0 aliphatic heterocycles. The summed E-state index contributed by atoms with van der Waals surface area (Å²) in [6.45, 7) is 3.84. The van der Waals surface area contributed by atoms with Crippen molar-refractivity contribution in [2.45, 2.75) is 23.5 Å². The van der Waals surface area contributed by atoms with Crippen LogP contribution >= 0.6 is 11.8 Å². The van der Waals surface area contributed by atoms with E-state index in [1.54, 1.807) is 18.9 Å². The third-order valence-corrected chi connectivity index (χ3v) is 4.21. The SMILES string of the molecule is COc1ccc(NC(=O)C(C)(C)Sc2ccccc2)cc1. The molecule has 1 amide bonds. The summed E-state index contributed by atoms with van der Waals surface area (Å²) in [4.78, 5) is 13.5. The Morgan fingerprint density at radius 3 is 2.24 bits per heavy atom. The molecule has 1 N–H and O–H groups in total. The highest BCUT2D eigenvalue weighted by atomic mass is 32.2. The molecule has 110 valence electrons. The minimum absolute atomic E-state index is 0.0264. The van der Waals surface area contributed by atoms with E-state index in [4.69, 9.17) is 4.74 Å². The molecule has 0 fully saturated rings. The number of carbonyl (C=O) groups excluding carboxylic acids is 1. The van der Waals surface area contributed by atoms with Crippen molar-refractivity contribution in [3.8, 4) is 5.75 Å². The molecular formula is C17H19NO2S. The summed E-state index contributed by atoms with van der Waals surface area (Å²) in [6, 6.07) is 17.2. The van der Waals surface area contributed by atoms with Crippen LogP contribution < -0.4 is 10.1 Å². The Bertz CT molecular complexity index is 594. The molecule has 2 rings (SSSR count). The van der Waals surface area contributed by atoms with Gasteiger partial charge in [-0.05, 0) is 50.2 Å². The van der Waals surface area contributed by atoms with E-state index >= 15 is 0 Å². The quantitative estimate of drug-likeness (QED) is 0.841. The van der Waals surface area contributed by atoms with E-state index in [9.17, 15) is 4.79 Å². The van der Waals surface area contributed by atoms with Crippen LogP contribution in [0.25, 0.3) is 0 Å². The highest BCUT2D eigenvalue weighted by molar-refractivity contribution is 8.01. The normalized spacial score (nSPS) is 11.0. The van der Waals surface area contributed by atoms with Crippen LogP contribution in [0.5, 0.6) is 5.75 Å². The monoisotopic (exact) mass is 301 g/mol. The fourth-order valence-electron chi connectivity index (χ4n) is 1.79. The fraction of sp³-hybridized carbons (Fsp3) is 0.235. The number of amides is 1. The van der Waals surface area contributed by atoms with Gasteiger partial charge >= 0.3 is 0 Å². The number of anilines is 1. The maximum absolute atomic E-state index is 12.4. The lowest BCUT2D eigenvalue weighted by Crippen LogP contribution is -2.33. The second-order valence-corrected chi connectivity index (χ2v) is 6.80. The number of ether oxygens (including phenoxy) is 1. The molecule has 0 saturated carbocycles. The maximum Gasteiger partial charge on any atom is 0.240 e. The van der Waals surface area contributed by atoms with Gasteiger partial charge in [0.25, 0.3) is 0 Å². The lowest BCUT2D eigenvalue weighted by atomic mass is 10.2. The number of nitrogens with one attached hydrogen (secondary N) is 1. The summed E-state index contributed by atoms with van der Waals surface area (Å²) in [6.07, 6.45) is 0. The van der Waals surface area contributed by atoms with Crippen molar-refractivity contribution in [1.82, 2.24) is 0 Å². The van der Waals surface area contributed by atoms with Gasteiger partial charge in [-0.25, -0.2) is 0 Å². The Balaban J connectivity index is 2.03. The lowest BCUT2D eigenvalue weighted by molar-refractivity contribution is -0.117. The van der Waals surface area contributed by atoms with E-state index in [1.807, 2.05) is 68.4 Å². The molecule has 0 bridgehead atoms. The molecule has 0 aromatic heterocycles. The molecule has 0 aliphatic rings. The molecule has 4 heteroatoms. The van der Waals surface area contributed by atoms with Gasteiger partial charge in [0, 0.05) is 10.6 Å². The minimum atomic E-state index is -0.554. The zero-order valence-corrected chi connectivity index (χ0v) is 13.2. The summed E-state index contributed by atoms with van der Waals surface area (Å²) in [5.41, 5.74) is 0.766. The van der Waals surface area contributed by atoms with Crippen molar-refractivity contribution >= 4 is 23.4 Å². The van der Waals surface area contributed by atoms with Gasteiger partial charge in [-0.2, -0.15) is 0 Å². The number of thioether (sulfide) groups is 1. The molecule has 21 heavy (non-hydrogen) atoms. The van der Waals surface area contributed by atoms with Crippen LogP contribution in [0.2, 0.25) is 0 Å². The molecule has 0 saturated heterocycles. The molecule has 3 nitrogen and oxygen atoms in total. The average molecular weight is 301 g/mol. The predicted molar refractivity (Wildman–Crippen MR) is 88.0 cm³/mol. The Morgan fingerprint density at radius 1 is 1.05 bits per heavy atom. The fourth-order valence-corrected chi connectivity index (χ4v) is 2.81. The highest BCUT2D eigenvalue weighted by Crippen LogP contribution is 2.33. The van der Waals surface area contributed by atoms with Gasteiger partial charge in [0.05, 0.1) is 11.9 Å². The van der Waals surface area contributed by atoms with Gasteiger partial charge in [-0.3, -0.25) is 4.79 Å². The first-order valence-corrected chi connectivity index (χ1v) is 7.52. The first-order valence-electron chi connectivity index (χ1n) is 6.71. The smallest absolute Gasteiger partial charge is 0.240 e. The Morgan fingerprint density at radius 2 is 1.67 bits per heavy atom. The zero-order valence-electron chi connectivity index (χ0n) is 12.4. The highest BCUT2D eigenvalue weighted by Gasteiger charge is 2.29. The van der Waals surface area contributed by atoms with Crippen LogP contribution in [0.3, 0.4) is 0 Å². The van der Waals surface area contributed by atoms with E-state index < -0.39 is 4.75 Å². The van der Waals surface area contributed by atoms with Gasteiger partial charge in [0.2, 0.25) is 5.91 Å². The zero-order chi connectivity index (χ0) is 15.3. The summed E-state index contributed by atoms with van der Waals surface area (Å²) in [5, 5.41) is 2.94. The average Bonchev–Trinajstić information content (AvgIpc) is 2.48. The van der Waals surface area contributed by atoms with Crippen molar-refractivity contribution in [2.75, 3.05) is 12.4 Å². The molecule has 0 unspecified atom stereocenters. The number of benzene rings is 2. The summed E-state index contributed by atoms with van der Waals surface area (Å²) >= 11 is 1.54. The first kappa shape index (κ1) is 15.4. The number of hydrogen-bond acceptors (Lipinski definition) is 3. The van der Waals surface area contributed by atoms with Gasteiger partial charge in [-0.1, -0.05) is 18.2 Å². The first-order chi connectivity index (χ1) is 10.0. The summed E-state index contributed by atoms with van der Waals surface area (Å²) in [5.74, 6) is 0.743. The lowest BCUT2D eigenvalue weighted by Gasteiger charge is -2.23. The maximum atomic E-state index is 12.4. The Labute approximate surface area is 129 Å². The topological polar surface area (TPSA) is 38.3 Å². The van der Waals surface area contributed by atoms with E-state index in [1.165, 1.54) is 0 Å². The van der Waals surface area contributed by atoms with Gasteiger partial charge < -0.3 is 10.1 Å². The molecule has 2 aromatic carbocycles. The van der Waals surface area contributed by atoms with E-state index in [0.29, 0.717) is 0 Å². The largest absolute Gasteiger partial charge is 0.497 e. The molecule has 0 atom stereocenters. The van der Waals surface area contributed by atoms with Crippen LogP contribution in [0.15, 0.2) is 59.5 Å². The number of carbonyl (C=O) groups is 1. The Kier molecular flexibility index (Phi) is 4.91. The third-order valence-electron chi connectivity index (χ3n) is 3.01. The van der Waals surface area contributed by atoms with Crippen molar-refractivity contribution in [3.63, 3.8) is 0 Å². The third kappa shape index (κ3) is 4.26. The van der Waals surface area contributed by atoms with Crippen molar-refractivity contribution in [3.05, 3.63) is 54.6 Å². The number of rotatable bonds is 5. The second kappa shape index (κ2) is 6.68. The number of hydrogen-bond donors (Lipinski definition) is 1. The molecule has 0 spiro atoms. The molecule has 0 aliphatic carbocycles. The van der Waals surface area contributed by atoms with E-state index in [0.717, 1.165) is 16.3 Å². The number of methoxy groups -OCH3 is 1. The van der Waals surface area contributed by atoms with Crippen LogP contribution in [0.1, 0.15) is 13.8 Å². The Hall–Kier alpha value is -1.94. The molecular weight excluding hydrogens is 282 g/mol. The van der Waals surface area contributed by atoms with E-state index in [-0.39, 0.29) is 5.91 Å². The molecule has 0 heterocycles. The molecule has 0 radical (unpaired) electrons.